The highest BCUT2D eigenvalue weighted by molar-refractivity contribution is 7.99. The summed E-state index contributed by atoms with van der Waals surface area (Å²) in [7, 11) is 0. The van der Waals surface area contributed by atoms with Crippen LogP contribution in [0.15, 0.2) is 222 Å². The van der Waals surface area contributed by atoms with Gasteiger partial charge in [-0.05, 0) is 121 Å². The lowest BCUT2D eigenvalue weighted by Gasteiger charge is -2.40. The van der Waals surface area contributed by atoms with Gasteiger partial charge in [0.15, 0.2) is 0 Å². The van der Waals surface area contributed by atoms with Crippen molar-refractivity contribution in [1.29, 1.82) is 0 Å². The molecule has 1 aliphatic carbocycles. The largest absolute Gasteiger partial charge is 0.310 e. The second-order valence-electron chi connectivity index (χ2n) is 14.5. The fourth-order valence-corrected chi connectivity index (χ4v) is 10.2. The third-order valence-corrected chi connectivity index (χ3v) is 12.6. The van der Waals surface area contributed by atoms with Crippen LogP contribution in [-0.4, -0.2) is 0 Å². The number of fused-ring (bicyclic) bond motifs is 10. The quantitative estimate of drug-likeness (QED) is 0.174. The molecule has 0 amide bonds. The Kier molecular flexibility index (Phi) is 7.40. The molecule has 0 atom stereocenters. The van der Waals surface area contributed by atoms with E-state index in [0.29, 0.717) is 0 Å². The van der Waals surface area contributed by atoms with Gasteiger partial charge in [-0.2, -0.15) is 0 Å². The zero-order chi connectivity index (χ0) is 36.3. The van der Waals surface area contributed by atoms with Gasteiger partial charge in [-0.15, -0.1) is 0 Å². The zero-order valence-corrected chi connectivity index (χ0v) is 30.9. The molecule has 1 aliphatic heterocycles. The summed E-state index contributed by atoms with van der Waals surface area (Å²) < 4.78 is 0. The van der Waals surface area contributed by atoms with Crippen molar-refractivity contribution in [3.8, 4) is 33.4 Å². The van der Waals surface area contributed by atoms with E-state index in [9.17, 15) is 0 Å². The Balaban J connectivity index is 1.15. The van der Waals surface area contributed by atoms with Crippen LogP contribution in [0, 0.1) is 0 Å². The summed E-state index contributed by atoms with van der Waals surface area (Å²) in [6.07, 6.45) is 0. The minimum absolute atomic E-state index is 0.483. The van der Waals surface area contributed by atoms with Crippen LogP contribution in [0.2, 0.25) is 0 Å². The Labute approximate surface area is 326 Å². The van der Waals surface area contributed by atoms with Gasteiger partial charge in [0, 0.05) is 26.9 Å². The van der Waals surface area contributed by atoms with E-state index in [1.807, 2.05) is 11.8 Å². The number of anilines is 3. The standard InChI is InChI=1S/C53H35NS/c1-3-13-36(14-4-1)38-23-27-42(28-24-38)54(43-29-25-39(26-30-43)37-15-5-2-6-16-37)44-31-32-51-50(35-44)53(49-33-40-17-7-8-18-41(40)34-52(49)55-51)47-21-11-9-19-45(47)46-20-10-12-22-48(46)53/h1-35H. The van der Waals surface area contributed by atoms with Gasteiger partial charge in [0.05, 0.1) is 5.41 Å². The molecule has 1 heterocycles. The molecule has 0 aromatic heterocycles. The van der Waals surface area contributed by atoms with E-state index in [0.717, 1.165) is 17.1 Å². The first kappa shape index (κ1) is 31.9. The van der Waals surface area contributed by atoms with Crippen LogP contribution in [-0.2, 0) is 5.41 Å². The summed E-state index contributed by atoms with van der Waals surface area (Å²) >= 11 is 1.90. The molecule has 0 unspecified atom stereocenters. The van der Waals surface area contributed by atoms with Gasteiger partial charge < -0.3 is 4.90 Å². The third kappa shape index (κ3) is 5.03. The lowest BCUT2D eigenvalue weighted by molar-refractivity contribution is 0.724. The summed E-state index contributed by atoms with van der Waals surface area (Å²) in [6, 6.07) is 78.3. The molecule has 0 fully saturated rings. The van der Waals surface area contributed by atoms with Crippen LogP contribution in [0.5, 0.6) is 0 Å². The van der Waals surface area contributed by atoms with E-state index in [1.165, 1.54) is 76.2 Å². The monoisotopic (exact) mass is 717 g/mol. The van der Waals surface area contributed by atoms with Crippen molar-refractivity contribution < 1.29 is 0 Å². The predicted molar refractivity (Wildman–Crippen MR) is 231 cm³/mol. The molecule has 1 nitrogen and oxygen atoms in total. The summed E-state index contributed by atoms with van der Waals surface area (Å²) in [5.41, 5.74) is 15.7. The van der Waals surface area contributed by atoms with E-state index in [1.54, 1.807) is 0 Å². The Morgan fingerprint density at radius 1 is 0.309 bits per heavy atom. The molecule has 0 N–H and O–H groups in total. The van der Waals surface area contributed by atoms with Crippen molar-refractivity contribution in [3.63, 3.8) is 0 Å². The molecule has 2 aliphatic rings. The average molecular weight is 718 g/mol. The first-order valence-electron chi connectivity index (χ1n) is 18.9. The van der Waals surface area contributed by atoms with Crippen molar-refractivity contribution in [2.75, 3.05) is 4.90 Å². The predicted octanol–water partition coefficient (Wildman–Crippen LogP) is 14.5. The number of hydrogen-bond acceptors (Lipinski definition) is 2. The van der Waals surface area contributed by atoms with Gasteiger partial charge in [0.25, 0.3) is 0 Å². The van der Waals surface area contributed by atoms with Crippen molar-refractivity contribution >= 4 is 39.6 Å². The Hall–Kier alpha value is -6.61. The molecule has 55 heavy (non-hydrogen) atoms. The molecule has 1 spiro atoms. The third-order valence-electron chi connectivity index (χ3n) is 11.5. The van der Waals surface area contributed by atoms with Gasteiger partial charge in [0.2, 0.25) is 0 Å². The minimum atomic E-state index is -0.483. The minimum Gasteiger partial charge on any atom is -0.310 e. The fourth-order valence-electron chi connectivity index (χ4n) is 9.03. The Morgan fingerprint density at radius 3 is 1.31 bits per heavy atom. The van der Waals surface area contributed by atoms with Gasteiger partial charge in [0.1, 0.15) is 0 Å². The second-order valence-corrected chi connectivity index (χ2v) is 15.6. The van der Waals surface area contributed by atoms with Gasteiger partial charge in [-0.1, -0.05) is 169 Å². The summed E-state index contributed by atoms with van der Waals surface area (Å²) in [6.45, 7) is 0. The molecule has 0 saturated heterocycles. The number of nitrogens with zero attached hydrogens (tertiary/aromatic N) is 1. The SMILES string of the molecule is c1ccc(-c2ccc(N(c3ccc(-c4ccccc4)cc3)c3ccc4c(c3)C3(c5cc6ccccc6cc5S4)c4ccccc4-c4ccccc43)cc2)cc1. The molecular weight excluding hydrogens is 683 g/mol. The average Bonchev–Trinajstić information content (AvgIpc) is 3.55. The molecular formula is C53H35NS. The highest BCUT2D eigenvalue weighted by atomic mass is 32.2. The zero-order valence-electron chi connectivity index (χ0n) is 30.1. The maximum absolute atomic E-state index is 2.48. The molecule has 11 rings (SSSR count). The maximum Gasteiger partial charge on any atom is 0.0736 e. The summed E-state index contributed by atoms with van der Waals surface area (Å²) in [4.78, 5) is 5.03. The lowest BCUT2D eigenvalue weighted by Crippen LogP contribution is -2.32. The van der Waals surface area contributed by atoms with Crippen molar-refractivity contribution in [2.45, 2.75) is 15.2 Å². The highest BCUT2D eigenvalue weighted by Gasteiger charge is 2.50. The van der Waals surface area contributed by atoms with Crippen LogP contribution in [0.3, 0.4) is 0 Å². The van der Waals surface area contributed by atoms with Crippen LogP contribution in [0.1, 0.15) is 22.3 Å². The Bertz CT molecular complexity index is 2750. The normalized spacial score (nSPS) is 13.2. The van der Waals surface area contributed by atoms with E-state index >= 15 is 0 Å². The number of rotatable bonds is 5. The summed E-state index contributed by atoms with van der Waals surface area (Å²) in [5.74, 6) is 0. The molecule has 258 valence electrons. The van der Waals surface area contributed by atoms with Crippen molar-refractivity contribution in [2.24, 2.45) is 0 Å². The molecule has 0 radical (unpaired) electrons. The smallest absolute Gasteiger partial charge is 0.0736 e. The molecule has 9 aromatic rings. The van der Waals surface area contributed by atoms with Crippen molar-refractivity contribution in [3.05, 3.63) is 235 Å². The molecule has 2 heteroatoms. The van der Waals surface area contributed by atoms with Crippen LogP contribution in [0.25, 0.3) is 44.2 Å². The van der Waals surface area contributed by atoms with E-state index in [4.69, 9.17) is 0 Å². The van der Waals surface area contributed by atoms with Crippen molar-refractivity contribution in [1.82, 2.24) is 0 Å². The maximum atomic E-state index is 2.48. The molecule has 0 saturated carbocycles. The van der Waals surface area contributed by atoms with Gasteiger partial charge in [-0.25, -0.2) is 0 Å². The van der Waals surface area contributed by atoms with Crippen LogP contribution in [0.4, 0.5) is 17.1 Å². The highest BCUT2D eigenvalue weighted by Crippen LogP contribution is 2.63. The van der Waals surface area contributed by atoms with Crippen LogP contribution < -0.4 is 4.90 Å². The summed E-state index contributed by atoms with van der Waals surface area (Å²) in [5, 5.41) is 2.54. The van der Waals surface area contributed by atoms with E-state index in [2.05, 4.69) is 217 Å². The Morgan fingerprint density at radius 2 is 0.745 bits per heavy atom. The van der Waals surface area contributed by atoms with Gasteiger partial charge >= 0.3 is 0 Å². The molecule has 0 bridgehead atoms. The topological polar surface area (TPSA) is 3.24 Å². The second kappa shape index (κ2) is 12.8. The number of benzene rings is 9. The lowest BCUT2D eigenvalue weighted by atomic mass is 9.67. The van der Waals surface area contributed by atoms with Crippen LogP contribution >= 0.6 is 11.8 Å². The van der Waals surface area contributed by atoms with Gasteiger partial charge in [-0.3, -0.25) is 0 Å². The first-order valence-corrected chi connectivity index (χ1v) is 19.7. The fraction of sp³-hybridized carbons (Fsp3) is 0.0189. The number of hydrogen-bond donors (Lipinski definition) is 0. The van der Waals surface area contributed by atoms with E-state index in [-0.39, 0.29) is 0 Å². The van der Waals surface area contributed by atoms with E-state index < -0.39 is 5.41 Å². The first-order chi connectivity index (χ1) is 27.3. The molecule has 9 aromatic carbocycles.